The summed E-state index contributed by atoms with van der Waals surface area (Å²) in [6.45, 7) is 1.92. The van der Waals surface area contributed by atoms with E-state index in [0.717, 1.165) is 22.6 Å². The third-order valence-electron chi connectivity index (χ3n) is 2.63. The van der Waals surface area contributed by atoms with Gasteiger partial charge in [0, 0.05) is 10.9 Å². The summed E-state index contributed by atoms with van der Waals surface area (Å²) >= 11 is 1.23. The van der Waals surface area contributed by atoms with Crippen molar-refractivity contribution in [1.29, 1.82) is 0 Å². The number of halogens is 2. The van der Waals surface area contributed by atoms with E-state index in [-0.39, 0.29) is 10.9 Å². The van der Waals surface area contributed by atoms with Crippen LogP contribution in [-0.4, -0.2) is 6.04 Å². The molecule has 0 amide bonds. The van der Waals surface area contributed by atoms with E-state index in [9.17, 15) is 8.78 Å². The summed E-state index contributed by atoms with van der Waals surface area (Å²) in [6.07, 6.45) is 0.708. The first-order valence-corrected chi connectivity index (χ1v) is 6.84. The van der Waals surface area contributed by atoms with E-state index in [0.29, 0.717) is 6.42 Å². The Morgan fingerprint density at radius 1 is 1.11 bits per heavy atom. The Morgan fingerprint density at radius 3 is 2.58 bits per heavy atom. The van der Waals surface area contributed by atoms with E-state index in [1.807, 2.05) is 31.2 Å². The predicted molar refractivity (Wildman–Crippen MR) is 74.3 cm³/mol. The highest BCUT2D eigenvalue weighted by molar-refractivity contribution is 7.99. The molecule has 19 heavy (non-hydrogen) atoms. The van der Waals surface area contributed by atoms with Crippen LogP contribution in [0, 0.1) is 11.6 Å². The molecule has 0 aromatic heterocycles. The van der Waals surface area contributed by atoms with Crippen molar-refractivity contribution >= 4 is 11.8 Å². The van der Waals surface area contributed by atoms with Crippen LogP contribution in [0.1, 0.15) is 12.5 Å². The van der Waals surface area contributed by atoms with Gasteiger partial charge in [-0.05, 0) is 43.2 Å². The Balaban J connectivity index is 2.30. The van der Waals surface area contributed by atoms with Crippen LogP contribution < -0.4 is 5.73 Å². The van der Waals surface area contributed by atoms with Crippen molar-refractivity contribution in [3.63, 3.8) is 0 Å². The molecule has 0 aliphatic heterocycles. The molecule has 0 aliphatic carbocycles. The molecule has 2 aromatic carbocycles. The number of hydrogen-bond acceptors (Lipinski definition) is 2. The fourth-order valence-electron chi connectivity index (χ4n) is 1.79. The van der Waals surface area contributed by atoms with Gasteiger partial charge in [0.25, 0.3) is 0 Å². The lowest BCUT2D eigenvalue weighted by Crippen LogP contribution is -2.18. The highest BCUT2D eigenvalue weighted by Gasteiger charge is 2.10. The van der Waals surface area contributed by atoms with E-state index in [2.05, 4.69) is 0 Å². The van der Waals surface area contributed by atoms with Gasteiger partial charge in [-0.25, -0.2) is 8.78 Å². The summed E-state index contributed by atoms with van der Waals surface area (Å²) in [5.41, 5.74) is 6.84. The lowest BCUT2D eigenvalue weighted by Gasteiger charge is -2.11. The molecule has 0 saturated heterocycles. The maximum absolute atomic E-state index is 13.6. The van der Waals surface area contributed by atoms with Gasteiger partial charge in [-0.1, -0.05) is 30.0 Å². The molecule has 0 fully saturated rings. The summed E-state index contributed by atoms with van der Waals surface area (Å²) in [6, 6.07) is 11.2. The van der Waals surface area contributed by atoms with Crippen molar-refractivity contribution in [1.82, 2.24) is 0 Å². The van der Waals surface area contributed by atoms with Gasteiger partial charge in [0.05, 0.1) is 4.90 Å². The minimum Gasteiger partial charge on any atom is -0.328 e. The Bertz CT molecular complexity index is 570. The van der Waals surface area contributed by atoms with Crippen molar-refractivity contribution in [3.05, 3.63) is 59.7 Å². The second-order valence-corrected chi connectivity index (χ2v) is 5.55. The first-order chi connectivity index (χ1) is 9.06. The average Bonchev–Trinajstić information content (AvgIpc) is 2.35. The average molecular weight is 279 g/mol. The molecule has 1 atom stereocenters. The molecule has 2 aromatic rings. The molecule has 4 heteroatoms. The molecule has 100 valence electrons. The van der Waals surface area contributed by atoms with Crippen molar-refractivity contribution in [2.45, 2.75) is 29.2 Å². The summed E-state index contributed by atoms with van der Waals surface area (Å²) < 4.78 is 26.8. The molecule has 0 aliphatic rings. The molecule has 2 rings (SSSR count). The fourth-order valence-corrected chi connectivity index (χ4v) is 2.80. The second-order valence-electron chi connectivity index (χ2n) is 4.47. The first kappa shape index (κ1) is 14.0. The maximum atomic E-state index is 13.6. The van der Waals surface area contributed by atoms with Crippen molar-refractivity contribution in [2.75, 3.05) is 0 Å². The zero-order valence-corrected chi connectivity index (χ0v) is 11.4. The monoisotopic (exact) mass is 279 g/mol. The van der Waals surface area contributed by atoms with Gasteiger partial charge in [-0.3, -0.25) is 0 Å². The number of hydrogen-bond donors (Lipinski definition) is 1. The summed E-state index contributed by atoms with van der Waals surface area (Å²) in [4.78, 5) is 1.20. The zero-order chi connectivity index (χ0) is 13.8. The molecule has 2 N–H and O–H groups in total. The van der Waals surface area contributed by atoms with Crippen LogP contribution in [0.5, 0.6) is 0 Å². The zero-order valence-electron chi connectivity index (χ0n) is 10.6. The Kier molecular flexibility index (Phi) is 4.56. The smallest absolute Gasteiger partial charge is 0.137 e. The molecule has 1 nitrogen and oxygen atoms in total. The van der Waals surface area contributed by atoms with Crippen LogP contribution in [0.3, 0.4) is 0 Å². The standard InChI is InChI=1S/C15H15F2NS/c1-10(18)8-11-4-2-3-5-14(11)19-15-9-12(16)6-7-13(15)17/h2-7,9-10H,8,18H2,1H3. The van der Waals surface area contributed by atoms with E-state index >= 15 is 0 Å². The number of benzene rings is 2. The molecule has 1 unspecified atom stereocenters. The third kappa shape index (κ3) is 3.78. The Morgan fingerprint density at radius 2 is 1.84 bits per heavy atom. The lowest BCUT2D eigenvalue weighted by molar-refractivity contribution is 0.577. The van der Waals surface area contributed by atoms with Gasteiger partial charge in [-0.2, -0.15) is 0 Å². The van der Waals surface area contributed by atoms with E-state index in [1.54, 1.807) is 0 Å². The van der Waals surface area contributed by atoms with E-state index in [4.69, 9.17) is 5.73 Å². The van der Waals surface area contributed by atoms with Gasteiger partial charge in [0.15, 0.2) is 0 Å². The number of nitrogens with two attached hydrogens (primary N) is 1. The minimum absolute atomic E-state index is 0.0270. The highest BCUT2D eigenvalue weighted by atomic mass is 32.2. The molecular weight excluding hydrogens is 264 g/mol. The van der Waals surface area contributed by atoms with Crippen LogP contribution in [0.25, 0.3) is 0 Å². The molecule has 0 heterocycles. The highest BCUT2D eigenvalue weighted by Crippen LogP contribution is 2.33. The Labute approximate surface area is 115 Å². The van der Waals surface area contributed by atoms with Gasteiger partial charge >= 0.3 is 0 Å². The molecule has 0 spiro atoms. The topological polar surface area (TPSA) is 26.0 Å². The fraction of sp³-hybridized carbons (Fsp3) is 0.200. The Hall–Kier alpha value is -1.39. The largest absolute Gasteiger partial charge is 0.328 e. The quantitative estimate of drug-likeness (QED) is 0.915. The van der Waals surface area contributed by atoms with Crippen LogP contribution >= 0.6 is 11.8 Å². The third-order valence-corrected chi connectivity index (χ3v) is 3.78. The second kappa shape index (κ2) is 6.17. The lowest BCUT2D eigenvalue weighted by atomic mass is 10.1. The number of rotatable bonds is 4. The molecular formula is C15H15F2NS. The normalized spacial score (nSPS) is 12.4. The summed E-state index contributed by atoms with van der Waals surface area (Å²) in [7, 11) is 0. The van der Waals surface area contributed by atoms with Crippen LogP contribution in [0.15, 0.2) is 52.3 Å². The van der Waals surface area contributed by atoms with E-state index < -0.39 is 11.6 Å². The predicted octanol–water partition coefficient (Wildman–Crippen LogP) is 4.01. The summed E-state index contributed by atoms with van der Waals surface area (Å²) in [5, 5.41) is 0. The molecule has 0 radical (unpaired) electrons. The van der Waals surface area contributed by atoms with Gasteiger partial charge < -0.3 is 5.73 Å². The molecule has 0 bridgehead atoms. The van der Waals surface area contributed by atoms with Crippen molar-refractivity contribution in [2.24, 2.45) is 5.73 Å². The molecule has 0 saturated carbocycles. The van der Waals surface area contributed by atoms with Gasteiger partial charge in [-0.15, -0.1) is 0 Å². The van der Waals surface area contributed by atoms with Crippen LogP contribution in [0.2, 0.25) is 0 Å². The van der Waals surface area contributed by atoms with E-state index in [1.165, 1.54) is 17.8 Å². The van der Waals surface area contributed by atoms with Crippen molar-refractivity contribution in [3.8, 4) is 0 Å². The SMILES string of the molecule is CC(N)Cc1ccccc1Sc1cc(F)ccc1F. The van der Waals surface area contributed by atoms with Crippen LogP contribution in [-0.2, 0) is 6.42 Å². The van der Waals surface area contributed by atoms with Crippen LogP contribution in [0.4, 0.5) is 8.78 Å². The van der Waals surface area contributed by atoms with Gasteiger partial charge in [0.2, 0.25) is 0 Å². The van der Waals surface area contributed by atoms with Crippen molar-refractivity contribution < 1.29 is 8.78 Å². The minimum atomic E-state index is -0.437. The first-order valence-electron chi connectivity index (χ1n) is 6.02. The maximum Gasteiger partial charge on any atom is 0.137 e. The van der Waals surface area contributed by atoms with Gasteiger partial charge in [0.1, 0.15) is 11.6 Å². The summed E-state index contributed by atoms with van der Waals surface area (Å²) in [5.74, 6) is -0.851.